The Labute approximate surface area is 143 Å². The third-order valence-corrected chi connectivity index (χ3v) is 3.59. The summed E-state index contributed by atoms with van der Waals surface area (Å²) in [5, 5.41) is 0. The molecule has 24 heavy (non-hydrogen) atoms. The Bertz CT molecular complexity index is 675. The predicted molar refractivity (Wildman–Crippen MR) is 98.7 cm³/mol. The second-order valence-electron chi connectivity index (χ2n) is 5.34. The van der Waals surface area contributed by atoms with Crippen LogP contribution < -0.4 is 4.74 Å². The molecule has 0 bridgehead atoms. The van der Waals surface area contributed by atoms with E-state index in [9.17, 15) is 4.79 Å². The molecule has 2 aromatic carbocycles. The normalized spacial score (nSPS) is 10.5. The van der Waals surface area contributed by atoms with Crippen molar-refractivity contribution in [2.24, 2.45) is 0 Å². The summed E-state index contributed by atoms with van der Waals surface area (Å²) in [7, 11) is 0. The molecule has 0 unspecified atom stereocenters. The quantitative estimate of drug-likeness (QED) is 0.535. The SMILES string of the molecule is C=CCN(CC)C(=O)/C=C/c1ccc(OCc2ccccc2)cc1. The van der Waals surface area contributed by atoms with Crippen LogP contribution in [0.2, 0.25) is 0 Å². The third kappa shape index (κ3) is 5.43. The molecule has 0 saturated carbocycles. The van der Waals surface area contributed by atoms with E-state index in [4.69, 9.17) is 4.74 Å². The fraction of sp³-hybridized carbons (Fsp3) is 0.190. The molecular formula is C21H23NO2. The van der Waals surface area contributed by atoms with Crippen molar-refractivity contribution in [3.05, 3.63) is 84.5 Å². The zero-order valence-corrected chi connectivity index (χ0v) is 14.0. The van der Waals surface area contributed by atoms with E-state index in [0.717, 1.165) is 16.9 Å². The fourth-order valence-corrected chi connectivity index (χ4v) is 2.22. The molecule has 3 nitrogen and oxygen atoms in total. The summed E-state index contributed by atoms with van der Waals surface area (Å²) in [6.45, 7) is 7.39. The lowest BCUT2D eigenvalue weighted by Gasteiger charge is -2.16. The van der Waals surface area contributed by atoms with Crippen molar-refractivity contribution in [2.75, 3.05) is 13.1 Å². The minimum Gasteiger partial charge on any atom is -0.489 e. The number of nitrogens with zero attached hydrogens (tertiary/aromatic N) is 1. The molecule has 1 amide bonds. The molecule has 0 fully saturated rings. The van der Waals surface area contributed by atoms with Crippen molar-refractivity contribution in [1.29, 1.82) is 0 Å². The third-order valence-electron chi connectivity index (χ3n) is 3.59. The molecule has 0 aliphatic heterocycles. The summed E-state index contributed by atoms with van der Waals surface area (Å²) in [5.74, 6) is 0.797. The van der Waals surface area contributed by atoms with Gasteiger partial charge in [-0.15, -0.1) is 6.58 Å². The first-order valence-corrected chi connectivity index (χ1v) is 8.07. The second kappa shape index (κ2) is 9.36. The summed E-state index contributed by atoms with van der Waals surface area (Å²) < 4.78 is 5.75. The summed E-state index contributed by atoms with van der Waals surface area (Å²) in [4.78, 5) is 13.8. The first-order valence-electron chi connectivity index (χ1n) is 8.07. The van der Waals surface area contributed by atoms with Crippen molar-refractivity contribution < 1.29 is 9.53 Å². The number of likely N-dealkylation sites (N-methyl/N-ethyl adjacent to an activating group) is 1. The van der Waals surface area contributed by atoms with Gasteiger partial charge in [-0.1, -0.05) is 48.5 Å². The Morgan fingerprint density at radius 1 is 1.12 bits per heavy atom. The first kappa shape index (κ1) is 17.5. The van der Waals surface area contributed by atoms with E-state index in [0.29, 0.717) is 19.7 Å². The topological polar surface area (TPSA) is 29.5 Å². The molecule has 0 spiro atoms. The number of carbonyl (C=O) groups excluding carboxylic acids is 1. The minimum absolute atomic E-state index is 0.0122. The average Bonchev–Trinajstić information content (AvgIpc) is 2.64. The van der Waals surface area contributed by atoms with Gasteiger partial charge < -0.3 is 9.64 Å². The van der Waals surface area contributed by atoms with Crippen LogP contribution in [0.5, 0.6) is 5.75 Å². The van der Waals surface area contributed by atoms with Crippen LogP contribution in [0.3, 0.4) is 0 Å². The molecule has 0 atom stereocenters. The molecule has 0 N–H and O–H groups in total. The van der Waals surface area contributed by atoms with Crippen LogP contribution in [0.4, 0.5) is 0 Å². The molecule has 0 heterocycles. The smallest absolute Gasteiger partial charge is 0.246 e. The van der Waals surface area contributed by atoms with Crippen LogP contribution in [0.15, 0.2) is 73.3 Å². The lowest BCUT2D eigenvalue weighted by atomic mass is 10.2. The maximum absolute atomic E-state index is 12.0. The molecular weight excluding hydrogens is 298 g/mol. The van der Waals surface area contributed by atoms with Gasteiger partial charge in [0.2, 0.25) is 5.91 Å². The Hall–Kier alpha value is -2.81. The predicted octanol–water partition coefficient (Wildman–Crippen LogP) is 4.31. The number of benzene rings is 2. The van der Waals surface area contributed by atoms with E-state index in [1.54, 1.807) is 17.1 Å². The van der Waals surface area contributed by atoms with Crippen molar-refractivity contribution >= 4 is 12.0 Å². The molecule has 0 aliphatic rings. The summed E-state index contributed by atoms with van der Waals surface area (Å²) >= 11 is 0. The van der Waals surface area contributed by atoms with E-state index in [1.165, 1.54) is 0 Å². The minimum atomic E-state index is -0.0122. The fourth-order valence-electron chi connectivity index (χ4n) is 2.22. The number of hydrogen-bond donors (Lipinski definition) is 0. The van der Waals surface area contributed by atoms with Crippen LogP contribution in [-0.2, 0) is 11.4 Å². The highest BCUT2D eigenvalue weighted by atomic mass is 16.5. The first-order chi connectivity index (χ1) is 11.7. The number of amides is 1. The van der Waals surface area contributed by atoms with Gasteiger partial charge in [-0.05, 0) is 36.3 Å². The maximum Gasteiger partial charge on any atom is 0.246 e. The summed E-state index contributed by atoms with van der Waals surface area (Å²) in [6.07, 6.45) is 5.13. The highest BCUT2D eigenvalue weighted by Gasteiger charge is 2.05. The van der Waals surface area contributed by atoms with Gasteiger partial charge in [-0.3, -0.25) is 4.79 Å². The van der Waals surface area contributed by atoms with Gasteiger partial charge in [0.1, 0.15) is 12.4 Å². The highest BCUT2D eigenvalue weighted by Crippen LogP contribution is 2.15. The second-order valence-corrected chi connectivity index (χ2v) is 5.34. The van der Waals surface area contributed by atoms with Crippen LogP contribution in [-0.4, -0.2) is 23.9 Å². The van der Waals surface area contributed by atoms with Gasteiger partial charge in [0.15, 0.2) is 0 Å². The van der Waals surface area contributed by atoms with Crippen LogP contribution >= 0.6 is 0 Å². The number of ether oxygens (including phenoxy) is 1. The Kier molecular flexibility index (Phi) is 6.84. The van der Waals surface area contributed by atoms with Gasteiger partial charge in [-0.25, -0.2) is 0 Å². The molecule has 124 valence electrons. The van der Waals surface area contributed by atoms with Gasteiger partial charge in [0, 0.05) is 19.2 Å². The van der Waals surface area contributed by atoms with Gasteiger partial charge in [0.25, 0.3) is 0 Å². The largest absolute Gasteiger partial charge is 0.489 e. The van der Waals surface area contributed by atoms with Crippen LogP contribution in [0.1, 0.15) is 18.1 Å². The summed E-state index contributed by atoms with van der Waals surface area (Å²) in [6, 6.07) is 17.7. The number of carbonyl (C=O) groups is 1. The standard InChI is InChI=1S/C21H23NO2/c1-3-16-22(4-2)21(23)15-12-18-10-13-20(14-11-18)24-17-19-8-6-5-7-9-19/h3,5-15H,1,4,16-17H2,2H3/b15-12+. The van der Waals surface area contributed by atoms with E-state index in [-0.39, 0.29) is 5.91 Å². The summed E-state index contributed by atoms with van der Waals surface area (Å²) in [5.41, 5.74) is 2.10. The van der Waals surface area contributed by atoms with E-state index in [1.807, 2.05) is 67.6 Å². The van der Waals surface area contributed by atoms with Crippen LogP contribution in [0, 0.1) is 0 Å². The zero-order chi connectivity index (χ0) is 17.2. The average molecular weight is 321 g/mol. The van der Waals surface area contributed by atoms with Crippen molar-refractivity contribution in [3.8, 4) is 5.75 Å². The highest BCUT2D eigenvalue weighted by molar-refractivity contribution is 5.91. The van der Waals surface area contributed by atoms with Crippen LogP contribution in [0.25, 0.3) is 6.08 Å². The molecule has 2 rings (SSSR count). The molecule has 0 saturated heterocycles. The molecule has 3 heteroatoms. The van der Waals surface area contributed by atoms with Gasteiger partial charge >= 0.3 is 0 Å². The lowest BCUT2D eigenvalue weighted by Crippen LogP contribution is -2.29. The van der Waals surface area contributed by atoms with Gasteiger partial charge in [-0.2, -0.15) is 0 Å². The molecule has 2 aromatic rings. The zero-order valence-electron chi connectivity index (χ0n) is 14.0. The lowest BCUT2D eigenvalue weighted by molar-refractivity contribution is -0.125. The van der Waals surface area contributed by atoms with Crippen molar-refractivity contribution in [1.82, 2.24) is 4.90 Å². The van der Waals surface area contributed by atoms with Crippen molar-refractivity contribution in [3.63, 3.8) is 0 Å². The van der Waals surface area contributed by atoms with E-state index in [2.05, 4.69) is 6.58 Å². The molecule has 0 radical (unpaired) electrons. The Morgan fingerprint density at radius 3 is 2.46 bits per heavy atom. The number of hydrogen-bond acceptors (Lipinski definition) is 2. The monoisotopic (exact) mass is 321 g/mol. The number of rotatable bonds is 8. The molecule has 0 aromatic heterocycles. The van der Waals surface area contributed by atoms with E-state index >= 15 is 0 Å². The van der Waals surface area contributed by atoms with E-state index < -0.39 is 0 Å². The van der Waals surface area contributed by atoms with Crippen molar-refractivity contribution in [2.45, 2.75) is 13.5 Å². The Morgan fingerprint density at radius 2 is 1.83 bits per heavy atom. The molecule has 0 aliphatic carbocycles. The van der Waals surface area contributed by atoms with Gasteiger partial charge in [0.05, 0.1) is 0 Å². The maximum atomic E-state index is 12.0. The Balaban J connectivity index is 1.90.